The molecule has 0 saturated heterocycles. The Kier molecular flexibility index (Phi) is 5.33. The molecule has 0 N–H and O–H groups in total. The summed E-state index contributed by atoms with van der Waals surface area (Å²) in [6.07, 6.45) is -0.414. The zero-order valence-electron chi connectivity index (χ0n) is 10.0. The highest BCUT2D eigenvalue weighted by Gasteiger charge is 2.27. The van der Waals surface area contributed by atoms with Gasteiger partial charge in [0.25, 0.3) is 0 Å². The van der Waals surface area contributed by atoms with Gasteiger partial charge in [0.05, 0.1) is 11.8 Å². The molecule has 0 amide bonds. The van der Waals surface area contributed by atoms with Crippen LogP contribution in [0.15, 0.2) is 12.4 Å². The van der Waals surface area contributed by atoms with E-state index in [0.29, 0.717) is 24.9 Å². The number of halogens is 3. The van der Waals surface area contributed by atoms with E-state index in [4.69, 9.17) is 0 Å². The van der Waals surface area contributed by atoms with E-state index in [0.717, 1.165) is 0 Å². The lowest BCUT2D eigenvalue weighted by Crippen LogP contribution is -2.17. The van der Waals surface area contributed by atoms with Crippen molar-refractivity contribution >= 4 is 5.78 Å². The first-order chi connectivity index (χ1) is 8.42. The van der Waals surface area contributed by atoms with Crippen LogP contribution in [0.5, 0.6) is 0 Å². The molecule has 0 unspecified atom stereocenters. The summed E-state index contributed by atoms with van der Waals surface area (Å²) in [6, 6.07) is 0. The quantitative estimate of drug-likeness (QED) is 0.561. The summed E-state index contributed by atoms with van der Waals surface area (Å²) in [7, 11) is 0. The molecule has 102 valence electrons. The van der Waals surface area contributed by atoms with Crippen molar-refractivity contribution in [2.45, 2.75) is 32.5 Å². The third-order valence-corrected chi connectivity index (χ3v) is 2.22. The first-order valence-corrected chi connectivity index (χ1v) is 5.62. The number of carbonyl (C=O) groups excluding carboxylic acids is 1. The molecule has 0 aliphatic heterocycles. The highest BCUT2D eigenvalue weighted by atomic mass is 19.4. The number of aromatic nitrogens is 2. The number of aryl methyl sites for hydroxylation is 1. The second-order valence-electron chi connectivity index (χ2n) is 3.79. The predicted molar refractivity (Wildman–Crippen MR) is 58.3 cm³/mol. The van der Waals surface area contributed by atoms with E-state index in [9.17, 15) is 18.0 Å². The second-order valence-corrected chi connectivity index (χ2v) is 3.79. The van der Waals surface area contributed by atoms with E-state index in [2.05, 4.69) is 9.84 Å². The number of hydrogen-bond acceptors (Lipinski definition) is 3. The maximum Gasteiger partial charge on any atom is 0.411 e. The zero-order valence-corrected chi connectivity index (χ0v) is 10.0. The highest BCUT2D eigenvalue weighted by molar-refractivity contribution is 5.95. The maximum absolute atomic E-state index is 11.8. The number of alkyl halides is 3. The van der Waals surface area contributed by atoms with Crippen LogP contribution < -0.4 is 0 Å². The van der Waals surface area contributed by atoms with E-state index in [-0.39, 0.29) is 12.4 Å². The normalized spacial score (nSPS) is 11.8. The lowest BCUT2D eigenvalue weighted by Gasteiger charge is -2.07. The van der Waals surface area contributed by atoms with Crippen molar-refractivity contribution in [3.05, 3.63) is 18.0 Å². The Hall–Kier alpha value is -1.37. The lowest BCUT2D eigenvalue weighted by molar-refractivity contribution is -0.174. The Morgan fingerprint density at radius 3 is 2.83 bits per heavy atom. The van der Waals surface area contributed by atoms with Crippen molar-refractivity contribution < 1.29 is 22.7 Å². The Bertz CT molecular complexity index is 388. The van der Waals surface area contributed by atoms with E-state index < -0.39 is 12.8 Å². The molecule has 7 heteroatoms. The second kappa shape index (κ2) is 6.53. The molecule has 1 aromatic rings. The Morgan fingerprint density at radius 1 is 1.50 bits per heavy atom. The minimum absolute atomic E-state index is 0.00503. The van der Waals surface area contributed by atoms with E-state index in [1.54, 1.807) is 13.1 Å². The van der Waals surface area contributed by atoms with Crippen molar-refractivity contribution in [2.75, 3.05) is 13.2 Å². The molecule has 18 heavy (non-hydrogen) atoms. The van der Waals surface area contributed by atoms with Crippen LogP contribution in [0, 0.1) is 0 Å². The van der Waals surface area contributed by atoms with Crippen molar-refractivity contribution in [2.24, 2.45) is 0 Å². The first-order valence-electron chi connectivity index (χ1n) is 5.62. The molecule has 0 aliphatic rings. The van der Waals surface area contributed by atoms with Crippen LogP contribution in [-0.2, 0) is 11.3 Å². The summed E-state index contributed by atoms with van der Waals surface area (Å²) >= 11 is 0. The van der Waals surface area contributed by atoms with Crippen LogP contribution in [0.4, 0.5) is 13.2 Å². The molecule has 0 fully saturated rings. The van der Waals surface area contributed by atoms with Crippen molar-refractivity contribution in [1.82, 2.24) is 9.78 Å². The SMILES string of the molecule is CCC(=O)c1cnn(CCCOCC(F)(F)F)c1. The minimum atomic E-state index is -4.29. The third kappa shape index (κ3) is 5.31. The summed E-state index contributed by atoms with van der Waals surface area (Å²) in [5, 5.41) is 3.95. The minimum Gasteiger partial charge on any atom is -0.372 e. The average Bonchev–Trinajstić information content (AvgIpc) is 2.75. The van der Waals surface area contributed by atoms with E-state index in [1.807, 2.05) is 0 Å². The van der Waals surface area contributed by atoms with Gasteiger partial charge in [0.15, 0.2) is 5.78 Å². The van der Waals surface area contributed by atoms with Crippen LogP contribution in [0.3, 0.4) is 0 Å². The summed E-state index contributed by atoms with van der Waals surface area (Å²) in [6.45, 7) is 0.960. The molecule has 1 aromatic heterocycles. The van der Waals surface area contributed by atoms with Crippen LogP contribution in [-0.4, -0.2) is 35.0 Å². The van der Waals surface area contributed by atoms with E-state index in [1.165, 1.54) is 10.9 Å². The standard InChI is InChI=1S/C11H15F3N2O2/c1-2-10(17)9-6-15-16(7-9)4-3-5-18-8-11(12,13)14/h6-7H,2-5,8H2,1H3. The van der Waals surface area contributed by atoms with Crippen molar-refractivity contribution in [1.29, 1.82) is 0 Å². The fourth-order valence-corrected chi connectivity index (χ4v) is 1.35. The number of ketones is 1. The van der Waals surface area contributed by atoms with Gasteiger partial charge in [-0.05, 0) is 6.42 Å². The molecule has 1 heterocycles. The number of Topliss-reactive ketones (excluding diaryl/α,β-unsaturated/α-hetero) is 1. The van der Waals surface area contributed by atoms with Gasteiger partial charge in [0.2, 0.25) is 0 Å². The van der Waals surface area contributed by atoms with Gasteiger partial charge in [-0.25, -0.2) is 0 Å². The van der Waals surface area contributed by atoms with Gasteiger partial charge in [-0.15, -0.1) is 0 Å². The van der Waals surface area contributed by atoms with Gasteiger partial charge in [-0.1, -0.05) is 6.92 Å². The van der Waals surface area contributed by atoms with Crippen molar-refractivity contribution in [3.8, 4) is 0 Å². The summed E-state index contributed by atoms with van der Waals surface area (Å²) in [5.41, 5.74) is 0.522. The van der Waals surface area contributed by atoms with Gasteiger partial charge in [0.1, 0.15) is 6.61 Å². The Balaban J connectivity index is 2.24. The molecule has 0 aliphatic carbocycles. The third-order valence-electron chi connectivity index (χ3n) is 2.22. The predicted octanol–water partition coefficient (Wildman–Crippen LogP) is 2.44. The number of carbonyl (C=O) groups is 1. The molecule has 0 atom stereocenters. The van der Waals surface area contributed by atoms with Crippen LogP contribution in [0.25, 0.3) is 0 Å². The first kappa shape index (κ1) is 14.7. The topological polar surface area (TPSA) is 44.1 Å². The van der Waals surface area contributed by atoms with Gasteiger partial charge >= 0.3 is 6.18 Å². The molecule has 0 saturated carbocycles. The average molecular weight is 264 g/mol. The van der Waals surface area contributed by atoms with Gasteiger partial charge in [0, 0.05) is 25.8 Å². The van der Waals surface area contributed by atoms with Crippen LogP contribution in [0.2, 0.25) is 0 Å². The molecular weight excluding hydrogens is 249 g/mol. The molecular formula is C11H15F3N2O2. The van der Waals surface area contributed by atoms with Crippen LogP contribution >= 0.6 is 0 Å². The monoisotopic (exact) mass is 264 g/mol. The summed E-state index contributed by atoms with van der Waals surface area (Å²) in [5.74, 6) is -0.00503. The molecule has 0 radical (unpaired) electrons. The summed E-state index contributed by atoms with van der Waals surface area (Å²) < 4.78 is 41.3. The number of rotatable bonds is 7. The molecule has 4 nitrogen and oxygen atoms in total. The fraction of sp³-hybridized carbons (Fsp3) is 0.636. The lowest BCUT2D eigenvalue weighted by atomic mass is 10.2. The molecule has 1 rings (SSSR count). The van der Waals surface area contributed by atoms with Gasteiger partial charge in [-0.2, -0.15) is 18.3 Å². The Morgan fingerprint density at radius 2 is 2.22 bits per heavy atom. The molecule has 0 bridgehead atoms. The van der Waals surface area contributed by atoms with Gasteiger partial charge < -0.3 is 4.74 Å². The largest absolute Gasteiger partial charge is 0.411 e. The number of ether oxygens (including phenoxy) is 1. The zero-order chi connectivity index (χ0) is 13.6. The highest BCUT2D eigenvalue weighted by Crippen LogP contribution is 2.14. The number of nitrogens with zero attached hydrogens (tertiary/aromatic N) is 2. The fourth-order valence-electron chi connectivity index (χ4n) is 1.35. The maximum atomic E-state index is 11.8. The smallest absolute Gasteiger partial charge is 0.372 e. The van der Waals surface area contributed by atoms with Crippen molar-refractivity contribution in [3.63, 3.8) is 0 Å². The summed E-state index contributed by atoms with van der Waals surface area (Å²) in [4.78, 5) is 11.3. The van der Waals surface area contributed by atoms with Gasteiger partial charge in [-0.3, -0.25) is 9.48 Å². The van der Waals surface area contributed by atoms with E-state index >= 15 is 0 Å². The Labute approximate surface area is 103 Å². The van der Waals surface area contributed by atoms with Crippen LogP contribution in [0.1, 0.15) is 30.1 Å². The molecule has 0 aromatic carbocycles. The molecule has 0 spiro atoms. The number of hydrogen-bond donors (Lipinski definition) is 0.